The fraction of sp³-hybridized carbons (Fsp3) is 0.286. The molecular formula is C7H8N2O5. The van der Waals surface area contributed by atoms with E-state index in [4.69, 9.17) is 5.11 Å². The van der Waals surface area contributed by atoms with Gasteiger partial charge in [0.15, 0.2) is 0 Å². The number of aliphatic hydroxyl groups excluding tert-OH is 1. The minimum absolute atomic E-state index is 0.187. The molecule has 3 N–H and O–H groups in total. The average Bonchev–Trinajstić information content (AvgIpc) is 2.12. The topological polar surface area (TPSA) is 112 Å². The molecule has 0 atom stereocenters. The minimum Gasteiger partial charge on any atom is -0.459 e. The highest BCUT2D eigenvalue weighted by Gasteiger charge is 2.08. The molecule has 0 aliphatic rings. The standard InChI is InChI=1S/C7H8N2O5/c10-1-2-14-6(12)4-3-5(11)9-7(13)8-4/h3,10H,1-2H2,(H2,8,9,11,13). The lowest BCUT2D eigenvalue weighted by Crippen LogP contribution is -2.25. The lowest BCUT2D eigenvalue weighted by atomic mass is 10.4. The molecule has 0 aromatic carbocycles. The van der Waals surface area contributed by atoms with Crippen molar-refractivity contribution in [2.45, 2.75) is 0 Å². The van der Waals surface area contributed by atoms with Gasteiger partial charge in [-0.3, -0.25) is 9.78 Å². The Balaban J connectivity index is 2.90. The molecular weight excluding hydrogens is 192 g/mol. The molecule has 0 bridgehead atoms. The molecule has 0 radical (unpaired) electrons. The second kappa shape index (κ2) is 4.38. The summed E-state index contributed by atoms with van der Waals surface area (Å²) in [5.41, 5.74) is -1.72. The third-order valence-electron chi connectivity index (χ3n) is 1.30. The molecule has 1 aromatic heterocycles. The highest BCUT2D eigenvalue weighted by Crippen LogP contribution is 1.90. The van der Waals surface area contributed by atoms with Crippen LogP contribution >= 0.6 is 0 Å². The van der Waals surface area contributed by atoms with Gasteiger partial charge < -0.3 is 14.8 Å². The van der Waals surface area contributed by atoms with Crippen LogP contribution in [0.5, 0.6) is 0 Å². The van der Waals surface area contributed by atoms with Gasteiger partial charge in [0.1, 0.15) is 12.3 Å². The molecule has 76 valence electrons. The average molecular weight is 200 g/mol. The normalized spacial score (nSPS) is 9.79. The molecule has 7 nitrogen and oxygen atoms in total. The van der Waals surface area contributed by atoms with Crippen molar-refractivity contribution >= 4 is 5.97 Å². The van der Waals surface area contributed by atoms with Gasteiger partial charge in [-0.05, 0) is 0 Å². The lowest BCUT2D eigenvalue weighted by Gasteiger charge is -2.00. The maximum Gasteiger partial charge on any atom is 0.355 e. The van der Waals surface area contributed by atoms with E-state index in [9.17, 15) is 14.4 Å². The van der Waals surface area contributed by atoms with Crippen LogP contribution in [0.4, 0.5) is 0 Å². The van der Waals surface area contributed by atoms with Gasteiger partial charge in [-0.25, -0.2) is 9.59 Å². The van der Waals surface area contributed by atoms with Gasteiger partial charge in [0.2, 0.25) is 0 Å². The highest BCUT2D eigenvalue weighted by atomic mass is 16.5. The zero-order valence-electron chi connectivity index (χ0n) is 7.07. The summed E-state index contributed by atoms with van der Waals surface area (Å²) < 4.78 is 4.48. The first-order valence-electron chi connectivity index (χ1n) is 3.75. The predicted molar refractivity (Wildman–Crippen MR) is 45.1 cm³/mol. The Morgan fingerprint density at radius 3 is 2.71 bits per heavy atom. The van der Waals surface area contributed by atoms with E-state index in [0.29, 0.717) is 0 Å². The van der Waals surface area contributed by atoms with Gasteiger partial charge in [-0.2, -0.15) is 0 Å². The number of carbonyl (C=O) groups is 1. The maximum absolute atomic E-state index is 11.1. The summed E-state index contributed by atoms with van der Waals surface area (Å²) in [4.78, 5) is 36.5. The Bertz CT molecular complexity index is 404. The Morgan fingerprint density at radius 1 is 1.43 bits per heavy atom. The van der Waals surface area contributed by atoms with E-state index in [-0.39, 0.29) is 18.9 Å². The molecule has 0 amide bonds. The van der Waals surface area contributed by atoms with Crippen molar-refractivity contribution < 1.29 is 14.6 Å². The number of H-pyrrole nitrogens is 2. The molecule has 0 spiro atoms. The van der Waals surface area contributed by atoms with Crippen molar-refractivity contribution in [3.8, 4) is 0 Å². The van der Waals surface area contributed by atoms with E-state index in [1.54, 1.807) is 0 Å². The second-order valence-electron chi connectivity index (χ2n) is 2.36. The summed E-state index contributed by atoms with van der Waals surface area (Å²) in [7, 11) is 0. The van der Waals surface area contributed by atoms with Gasteiger partial charge in [-0.1, -0.05) is 0 Å². The molecule has 1 aromatic rings. The zero-order valence-corrected chi connectivity index (χ0v) is 7.07. The summed E-state index contributed by atoms with van der Waals surface area (Å²) in [6, 6.07) is 0.904. The van der Waals surface area contributed by atoms with Crippen LogP contribution in [0.25, 0.3) is 0 Å². The van der Waals surface area contributed by atoms with Crippen molar-refractivity contribution in [3.05, 3.63) is 32.6 Å². The first-order chi connectivity index (χ1) is 6.63. The SMILES string of the molecule is O=C(OCCO)c1cc(=O)[nH]c(=O)[nH]1. The molecule has 0 saturated heterocycles. The number of aromatic nitrogens is 2. The third-order valence-corrected chi connectivity index (χ3v) is 1.30. The fourth-order valence-electron chi connectivity index (χ4n) is 0.795. The Kier molecular flexibility index (Phi) is 3.19. The molecule has 0 unspecified atom stereocenters. The summed E-state index contributed by atoms with van der Waals surface area (Å²) in [6.07, 6.45) is 0. The van der Waals surface area contributed by atoms with Crippen LogP contribution in [0, 0.1) is 0 Å². The number of hydrogen-bond acceptors (Lipinski definition) is 5. The van der Waals surface area contributed by atoms with E-state index in [1.165, 1.54) is 0 Å². The van der Waals surface area contributed by atoms with Crippen LogP contribution in [0.1, 0.15) is 10.5 Å². The molecule has 7 heteroatoms. The molecule has 0 fully saturated rings. The van der Waals surface area contributed by atoms with E-state index in [2.05, 4.69) is 9.72 Å². The van der Waals surface area contributed by atoms with Crippen LogP contribution < -0.4 is 11.2 Å². The van der Waals surface area contributed by atoms with Crippen molar-refractivity contribution in [3.63, 3.8) is 0 Å². The van der Waals surface area contributed by atoms with Crippen molar-refractivity contribution in [1.82, 2.24) is 9.97 Å². The number of rotatable bonds is 3. The first kappa shape index (κ1) is 10.2. The van der Waals surface area contributed by atoms with E-state index < -0.39 is 17.2 Å². The van der Waals surface area contributed by atoms with E-state index >= 15 is 0 Å². The molecule has 1 heterocycles. The number of ether oxygens (including phenoxy) is 1. The lowest BCUT2D eigenvalue weighted by molar-refractivity contribution is 0.0426. The first-order valence-corrected chi connectivity index (χ1v) is 3.75. The summed E-state index contributed by atoms with van der Waals surface area (Å²) in [5, 5.41) is 8.35. The molecule has 0 aliphatic carbocycles. The van der Waals surface area contributed by atoms with Gasteiger partial charge >= 0.3 is 11.7 Å². The van der Waals surface area contributed by atoms with Crippen LogP contribution in [0.15, 0.2) is 15.7 Å². The van der Waals surface area contributed by atoms with Crippen LogP contribution in [0.3, 0.4) is 0 Å². The fourth-order valence-corrected chi connectivity index (χ4v) is 0.795. The largest absolute Gasteiger partial charge is 0.459 e. The highest BCUT2D eigenvalue weighted by molar-refractivity contribution is 5.86. The monoisotopic (exact) mass is 200 g/mol. The molecule has 0 aliphatic heterocycles. The van der Waals surface area contributed by atoms with Crippen LogP contribution in [-0.2, 0) is 4.74 Å². The van der Waals surface area contributed by atoms with Gasteiger partial charge in [0.05, 0.1) is 6.61 Å². The van der Waals surface area contributed by atoms with Crippen molar-refractivity contribution in [2.75, 3.05) is 13.2 Å². The molecule has 14 heavy (non-hydrogen) atoms. The van der Waals surface area contributed by atoms with Crippen molar-refractivity contribution in [1.29, 1.82) is 0 Å². The third kappa shape index (κ3) is 2.56. The Labute approximate surface area is 77.4 Å². The number of esters is 1. The minimum atomic E-state index is -0.859. The molecule has 0 saturated carbocycles. The van der Waals surface area contributed by atoms with E-state index in [0.717, 1.165) is 6.07 Å². The number of carbonyl (C=O) groups excluding carboxylic acids is 1. The Morgan fingerprint density at radius 2 is 2.14 bits per heavy atom. The number of aliphatic hydroxyl groups is 1. The van der Waals surface area contributed by atoms with E-state index in [1.807, 2.05) is 4.98 Å². The second-order valence-corrected chi connectivity index (χ2v) is 2.36. The smallest absolute Gasteiger partial charge is 0.355 e. The zero-order chi connectivity index (χ0) is 10.6. The Hall–Kier alpha value is -1.89. The van der Waals surface area contributed by atoms with Gasteiger partial charge in [-0.15, -0.1) is 0 Å². The van der Waals surface area contributed by atoms with Gasteiger partial charge in [0.25, 0.3) is 5.56 Å². The maximum atomic E-state index is 11.1. The summed E-state index contributed by atoms with van der Waals surface area (Å²) in [5.74, 6) is -0.859. The predicted octanol–water partition coefficient (Wildman–Crippen LogP) is -1.79. The number of aromatic amines is 2. The summed E-state index contributed by atoms with van der Waals surface area (Å²) >= 11 is 0. The van der Waals surface area contributed by atoms with Crippen LogP contribution in [0.2, 0.25) is 0 Å². The molecule has 1 rings (SSSR count). The van der Waals surface area contributed by atoms with Gasteiger partial charge in [0, 0.05) is 6.07 Å². The van der Waals surface area contributed by atoms with Crippen LogP contribution in [-0.4, -0.2) is 34.3 Å². The summed E-state index contributed by atoms with van der Waals surface area (Å²) in [6.45, 7) is -0.507. The van der Waals surface area contributed by atoms with Crippen molar-refractivity contribution in [2.24, 2.45) is 0 Å². The quantitative estimate of drug-likeness (QED) is 0.499. The number of hydrogen-bond donors (Lipinski definition) is 3. The number of nitrogens with one attached hydrogen (secondary N) is 2.